The molecule has 1 aliphatic heterocycles. The van der Waals surface area contributed by atoms with Crippen molar-refractivity contribution in [3.63, 3.8) is 0 Å². The highest BCUT2D eigenvalue weighted by Crippen LogP contribution is 2.39. The summed E-state index contributed by atoms with van der Waals surface area (Å²) in [7, 11) is 2.08. The SMILES string of the molecule is CCOCC1CN(C(=O)OC2(C)CC2)CCN1C. The molecule has 0 aromatic rings. The Morgan fingerprint density at radius 3 is 2.72 bits per heavy atom. The minimum atomic E-state index is -0.185. The predicted molar refractivity (Wildman–Crippen MR) is 68.6 cm³/mol. The van der Waals surface area contributed by atoms with Crippen LogP contribution in [0.15, 0.2) is 0 Å². The third-order valence-electron chi connectivity index (χ3n) is 3.84. The van der Waals surface area contributed by atoms with Crippen molar-refractivity contribution in [2.45, 2.75) is 38.3 Å². The Kier molecular flexibility index (Phi) is 4.12. The molecular weight excluding hydrogens is 232 g/mol. The Hall–Kier alpha value is -0.810. The van der Waals surface area contributed by atoms with E-state index in [1.165, 1.54) is 0 Å². The summed E-state index contributed by atoms with van der Waals surface area (Å²) >= 11 is 0. The van der Waals surface area contributed by atoms with E-state index in [0.717, 1.165) is 25.9 Å². The lowest BCUT2D eigenvalue weighted by atomic mass is 10.2. The summed E-state index contributed by atoms with van der Waals surface area (Å²) in [5.74, 6) is 0. The molecule has 2 rings (SSSR count). The molecule has 0 aromatic carbocycles. The van der Waals surface area contributed by atoms with Crippen molar-refractivity contribution in [1.82, 2.24) is 9.80 Å². The number of carbonyl (C=O) groups is 1. The molecule has 1 saturated heterocycles. The molecule has 0 N–H and O–H groups in total. The maximum absolute atomic E-state index is 12.0. The minimum Gasteiger partial charge on any atom is -0.443 e. The Morgan fingerprint density at radius 1 is 1.39 bits per heavy atom. The van der Waals surface area contributed by atoms with Gasteiger partial charge in [-0.15, -0.1) is 0 Å². The highest BCUT2D eigenvalue weighted by atomic mass is 16.6. The van der Waals surface area contributed by atoms with Gasteiger partial charge in [0.2, 0.25) is 0 Å². The standard InChI is InChI=1S/C13H24N2O3/c1-4-17-10-11-9-15(8-7-14(11)3)12(16)18-13(2)5-6-13/h11H,4-10H2,1-3H3. The predicted octanol–water partition coefficient (Wildman–Crippen LogP) is 1.33. The van der Waals surface area contributed by atoms with Crippen molar-refractivity contribution in [1.29, 1.82) is 0 Å². The molecular formula is C13H24N2O3. The van der Waals surface area contributed by atoms with Gasteiger partial charge in [-0.3, -0.25) is 4.90 Å². The van der Waals surface area contributed by atoms with Crippen molar-refractivity contribution in [3.05, 3.63) is 0 Å². The van der Waals surface area contributed by atoms with E-state index in [-0.39, 0.29) is 17.7 Å². The summed E-state index contributed by atoms with van der Waals surface area (Å²) in [6.07, 6.45) is 1.83. The second-order valence-corrected chi connectivity index (χ2v) is 5.56. The average molecular weight is 256 g/mol. The maximum Gasteiger partial charge on any atom is 0.410 e. The molecule has 1 atom stereocenters. The summed E-state index contributed by atoms with van der Waals surface area (Å²) in [4.78, 5) is 16.1. The molecule has 104 valence electrons. The summed E-state index contributed by atoms with van der Waals surface area (Å²) in [5, 5.41) is 0. The van der Waals surface area contributed by atoms with Gasteiger partial charge in [-0.2, -0.15) is 0 Å². The fourth-order valence-corrected chi connectivity index (χ4v) is 2.10. The zero-order valence-electron chi connectivity index (χ0n) is 11.6. The van der Waals surface area contributed by atoms with E-state index in [9.17, 15) is 4.79 Å². The van der Waals surface area contributed by atoms with Crippen molar-refractivity contribution in [2.75, 3.05) is 39.9 Å². The monoisotopic (exact) mass is 256 g/mol. The second kappa shape index (κ2) is 5.45. The van der Waals surface area contributed by atoms with E-state index >= 15 is 0 Å². The number of rotatable bonds is 4. The number of carbonyl (C=O) groups excluding carboxylic acids is 1. The Labute approximate surface area is 109 Å². The quantitative estimate of drug-likeness (QED) is 0.761. The molecule has 1 aliphatic carbocycles. The highest BCUT2D eigenvalue weighted by molar-refractivity contribution is 5.68. The number of hydrogen-bond donors (Lipinski definition) is 0. The van der Waals surface area contributed by atoms with Crippen LogP contribution in [0, 0.1) is 0 Å². The lowest BCUT2D eigenvalue weighted by molar-refractivity contribution is 0.00799. The number of likely N-dealkylation sites (N-methyl/N-ethyl adjacent to an activating group) is 1. The molecule has 18 heavy (non-hydrogen) atoms. The van der Waals surface area contributed by atoms with E-state index in [4.69, 9.17) is 9.47 Å². The van der Waals surface area contributed by atoms with E-state index in [0.29, 0.717) is 19.8 Å². The van der Waals surface area contributed by atoms with Gasteiger partial charge in [0.15, 0.2) is 0 Å². The molecule has 1 unspecified atom stereocenters. The van der Waals surface area contributed by atoms with Crippen molar-refractivity contribution < 1.29 is 14.3 Å². The van der Waals surface area contributed by atoms with Crippen LogP contribution in [0.3, 0.4) is 0 Å². The molecule has 1 saturated carbocycles. The molecule has 2 fully saturated rings. The van der Waals surface area contributed by atoms with E-state index in [1.54, 1.807) is 0 Å². The Balaban J connectivity index is 1.83. The van der Waals surface area contributed by atoms with Gasteiger partial charge in [0.25, 0.3) is 0 Å². The lowest BCUT2D eigenvalue weighted by Crippen LogP contribution is -2.55. The normalized spacial score (nSPS) is 27.1. The molecule has 0 radical (unpaired) electrons. The number of piperazine rings is 1. The van der Waals surface area contributed by atoms with Gasteiger partial charge in [-0.25, -0.2) is 4.79 Å². The fourth-order valence-electron chi connectivity index (χ4n) is 2.10. The first kappa shape index (κ1) is 13.6. The van der Waals surface area contributed by atoms with Crippen LogP contribution in [0.5, 0.6) is 0 Å². The third-order valence-corrected chi connectivity index (χ3v) is 3.84. The Morgan fingerprint density at radius 2 is 2.11 bits per heavy atom. The molecule has 0 spiro atoms. The smallest absolute Gasteiger partial charge is 0.410 e. The topological polar surface area (TPSA) is 42.0 Å². The van der Waals surface area contributed by atoms with Gasteiger partial charge in [0, 0.05) is 26.2 Å². The van der Waals surface area contributed by atoms with Crippen LogP contribution in [0.4, 0.5) is 4.79 Å². The average Bonchev–Trinajstić information content (AvgIpc) is 3.05. The van der Waals surface area contributed by atoms with E-state index in [2.05, 4.69) is 11.9 Å². The molecule has 1 heterocycles. The first-order valence-corrected chi connectivity index (χ1v) is 6.80. The zero-order chi connectivity index (χ0) is 13.2. The van der Waals surface area contributed by atoms with Crippen molar-refractivity contribution >= 4 is 6.09 Å². The maximum atomic E-state index is 12.0. The van der Waals surface area contributed by atoms with E-state index < -0.39 is 0 Å². The van der Waals surface area contributed by atoms with Gasteiger partial charge >= 0.3 is 6.09 Å². The van der Waals surface area contributed by atoms with Gasteiger partial charge < -0.3 is 14.4 Å². The van der Waals surface area contributed by atoms with Crippen LogP contribution in [-0.4, -0.2) is 67.4 Å². The highest BCUT2D eigenvalue weighted by Gasteiger charge is 2.43. The minimum absolute atomic E-state index is 0.162. The van der Waals surface area contributed by atoms with Crippen LogP contribution in [0.25, 0.3) is 0 Å². The van der Waals surface area contributed by atoms with Gasteiger partial charge in [0.05, 0.1) is 12.6 Å². The van der Waals surface area contributed by atoms with Crippen molar-refractivity contribution in [3.8, 4) is 0 Å². The number of ether oxygens (including phenoxy) is 2. The number of nitrogens with zero attached hydrogens (tertiary/aromatic N) is 2. The van der Waals surface area contributed by atoms with Crippen LogP contribution in [0.1, 0.15) is 26.7 Å². The molecule has 2 aliphatic rings. The first-order chi connectivity index (χ1) is 8.54. The fraction of sp³-hybridized carbons (Fsp3) is 0.923. The van der Waals surface area contributed by atoms with Gasteiger partial charge in [-0.05, 0) is 33.7 Å². The van der Waals surface area contributed by atoms with Crippen LogP contribution in [-0.2, 0) is 9.47 Å². The third kappa shape index (κ3) is 3.36. The van der Waals surface area contributed by atoms with Crippen LogP contribution >= 0.6 is 0 Å². The van der Waals surface area contributed by atoms with Gasteiger partial charge in [-0.1, -0.05) is 0 Å². The summed E-state index contributed by atoms with van der Waals surface area (Å²) < 4.78 is 11.0. The Bertz CT molecular complexity index is 305. The molecule has 5 nitrogen and oxygen atoms in total. The van der Waals surface area contributed by atoms with Crippen LogP contribution in [0.2, 0.25) is 0 Å². The number of hydrogen-bond acceptors (Lipinski definition) is 4. The molecule has 0 aromatic heterocycles. The van der Waals surface area contributed by atoms with Crippen LogP contribution < -0.4 is 0 Å². The van der Waals surface area contributed by atoms with Gasteiger partial charge in [0.1, 0.15) is 5.60 Å². The largest absolute Gasteiger partial charge is 0.443 e. The zero-order valence-corrected chi connectivity index (χ0v) is 11.6. The summed E-state index contributed by atoms with van der Waals surface area (Å²) in [5.41, 5.74) is -0.185. The molecule has 5 heteroatoms. The first-order valence-electron chi connectivity index (χ1n) is 6.80. The molecule has 1 amide bonds. The van der Waals surface area contributed by atoms with E-state index in [1.807, 2.05) is 18.7 Å². The number of amides is 1. The molecule has 0 bridgehead atoms. The lowest BCUT2D eigenvalue weighted by Gasteiger charge is -2.39. The summed E-state index contributed by atoms with van der Waals surface area (Å²) in [6, 6.07) is 0.276. The summed E-state index contributed by atoms with van der Waals surface area (Å²) in [6.45, 7) is 7.70. The second-order valence-electron chi connectivity index (χ2n) is 5.56. The van der Waals surface area contributed by atoms with Crippen molar-refractivity contribution in [2.24, 2.45) is 0 Å².